The van der Waals surface area contributed by atoms with E-state index in [0.717, 1.165) is 27.9 Å². The first-order chi connectivity index (χ1) is 13.9. The third kappa shape index (κ3) is 2.94. The molecular weight excluding hydrogens is 388 g/mol. The SMILES string of the molecule is CCn1c(-c2ccc(N3CCN(C)S3(=O)=O)cc2)c(C#N)c2ccc(OC)cc21. The highest BCUT2D eigenvalue weighted by Crippen LogP contribution is 2.36. The van der Waals surface area contributed by atoms with Crippen LogP contribution in [0, 0.1) is 11.3 Å². The number of rotatable bonds is 4. The minimum atomic E-state index is -3.45. The Morgan fingerprint density at radius 1 is 1.14 bits per heavy atom. The van der Waals surface area contributed by atoms with Crippen LogP contribution in [0.3, 0.4) is 0 Å². The number of methoxy groups -OCH3 is 1. The highest BCUT2D eigenvalue weighted by atomic mass is 32.2. The molecule has 0 amide bonds. The number of ether oxygens (including phenoxy) is 1. The van der Waals surface area contributed by atoms with Crippen LogP contribution in [0.15, 0.2) is 42.5 Å². The van der Waals surface area contributed by atoms with E-state index in [-0.39, 0.29) is 0 Å². The molecule has 3 aromatic rings. The fourth-order valence-corrected chi connectivity index (χ4v) is 5.23. The Balaban J connectivity index is 1.84. The monoisotopic (exact) mass is 410 g/mol. The normalized spacial score (nSPS) is 16.3. The zero-order valence-corrected chi connectivity index (χ0v) is 17.4. The molecule has 0 aliphatic carbocycles. The van der Waals surface area contributed by atoms with Gasteiger partial charge in [0.05, 0.1) is 29.6 Å². The lowest BCUT2D eigenvalue weighted by Crippen LogP contribution is -2.30. The molecule has 29 heavy (non-hydrogen) atoms. The first-order valence-corrected chi connectivity index (χ1v) is 10.8. The molecule has 1 aromatic heterocycles. The maximum atomic E-state index is 12.4. The molecule has 1 aliphatic heterocycles. The fourth-order valence-electron chi connectivity index (χ4n) is 3.88. The minimum Gasteiger partial charge on any atom is -0.497 e. The van der Waals surface area contributed by atoms with Crippen LogP contribution in [0.5, 0.6) is 5.75 Å². The van der Waals surface area contributed by atoms with Gasteiger partial charge >= 0.3 is 10.2 Å². The van der Waals surface area contributed by atoms with E-state index in [0.29, 0.717) is 30.9 Å². The van der Waals surface area contributed by atoms with Gasteiger partial charge in [-0.2, -0.15) is 18.0 Å². The van der Waals surface area contributed by atoms with Gasteiger partial charge in [-0.25, -0.2) is 0 Å². The summed E-state index contributed by atoms with van der Waals surface area (Å²) in [7, 11) is -0.255. The van der Waals surface area contributed by atoms with E-state index >= 15 is 0 Å². The van der Waals surface area contributed by atoms with E-state index < -0.39 is 10.2 Å². The quantitative estimate of drug-likeness (QED) is 0.662. The number of aryl methyl sites for hydroxylation is 1. The molecule has 0 bridgehead atoms. The molecule has 1 saturated heterocycles. The zero-order chi connectivity index (χ0) is 20.8. The number of hydrogen-bond donors (Lipinski definition) is 0. The van der Waals surface area contributed by atoms with Crippen molar-refractivity contribution in [3.8, 4) is 23.1 Å². The summed E-state index contributed by atoms with van der Waals surface area (Å²) in [5.74, 6) is 0.736. The summed E-state index contributed by atoms with van der Waals surface area (Å²) < 4.78 is 35.0. The average molecular weight is 410 g/mol. The fraction of sp³-hybridized carbons (Fsp3) is 0.286. The maximum absolute atomic E-state index is 12.4. The smallest absolute Gasteiger partial charge is 0.303 e. The average Bonchev–Trinajstić information content (AvgIpc) is 3.20. The van der Waals surface area contributed by atoms with Gasteiger partial charge in [-0.05, 0) is 36.8 Å². The van der Waals surface area contributed by atoms with E-state index in [1.807, 2.05) is 37.3 Å². The Kier molecular flexibility index (Phi) is 4.73. The number of aromatic nitrogens is 1. The van der Waals surface area contributed by atoms with Crippen molar-refractivity contribution >= 4 is 26.8 Å². The second-order valence-corrected chi connectivity index (χ2v) is 8.87. The lowest BCUT2D eigenvalue weighted by Gasteiger charge is -2.18. The van der Waals surface area contributed by atoms with E-state index in [1.54, 1.807) is 26.3 Å². The summed E-state index contributed by atoms with van der Waals surface area (Å²) in [4.78, 5) is 0. The summed E-state index contributed by atoms with van der Waals surface area (Å²) in [6.07, 6.45) is 0. The lowest BCUT2D eigenvalue weighted by molar-refractivity contribution is 0.415. The molecule has 2 heterocycles. The van der Waals surface area contributed by atoms with Crippen molar-refractivity contribution in [1.29, 1.82) is 5.26 Å². The summed E-state index contributed by atoms with van der Waals surface area (Å²) in [6, 6.07) is 15.4. The Morgan fingerprint density at radius 3 is 2.41 bits per heavy atom. The molecule has 0 N–H and O–H groups in total. The number of benzene rings is 2. The molecule has 1 fully saturated rings. The molecule has 7 nitrogen and oxygen atoms in total. The van der Waals surface area contributed by atoms with Crippen molar-refractivity contribution in [3.05, 3.63) is 48.0 Å². The lowest BCUT2D eigenvalue weighted by atomic mass is 10.1. The Morgan fingerprint density at radius 2 is 1.86 bits per heavy atom. The maximum Gasteiger partial charge on any atom is 0.303 e. The number of hydrogen-bond acceptors (Lipinski definition) is 4. The van der Waals surface area contributed by atoms with Crippen LogP contribution in [0.2, 0.25) is 0 Å². The first kappa shape index (κ1) is 19.3. The number of nitriles is 1. The molecule has 0 radical (unpaired) electrons. The summed E-state index contributed by atoms with van der Waals surface area (Å²) in [6.45, 7) is 3.61. The van der Waals surface area contributed by atoms with Crippen molar-refractivity contribution in [2.24, 2.45) is 0 Å². The van der Waals surface area contributed by atoms with E-state index in [4.69, 9.17) is 4.74 Å². The summed E-state index contributed by atoms with van der Waals surface area (Å²) in [5.41, 5.74) is 3.85. The number of likely N-dealkylation sites (N-methyl/N-ethyl adjacent to an activating group) is 1. The molecular formula is C21H22N4O3S. The third-order valence-corrected chi connectivity index (χ3v) is 7.34. The highest BCUT2D eigenvalue weighted by molar-refractivity contribution is 7.90. The highest BCUT2D eigenvalue weighted by Gasteiger charge is 2.33. The second kappa shape index (κ2) is 7.10. The van der Waals surface area contributed by atoms with Gasteiger partial charge in [-0.1, -0.05) is 12.1 Å². The predicted octanol–water partition coefficient (Wildman–Crippen LogP) is 3.21. The summed E-state index contributed by atoms with van der Waals surface area (Å²) in [5, 5.41) is 10.7. The van der Waals surface area contributed by atoms with Crippen LogP contribution >= 0.6 is 0 Å². The van der Waals surface area contributed by atoms with Crippen LogP contribution in [0.4, 0.5) is 5.69 Å². The van der Waals surface area contributed by atoms with Gasteiger partial charge in [-0.3, -0.25) is 4.31 Å². The van der Waals surface area contributed by atoms with Crippen molar-refractivity contribution < 1.29 is 13.2 Å². The van der Waals surface area contributed by atoms with Crippen LogP contribution in [-0.2, 0) is 16.8 Å². The molecule has 4 rings (SSSR count). The third-order valence-electron chi connectivity index (χ3n) is 5.42. The number of fused-ring (bicyclic) bond motifs is 1. The van der Waals surface area contributed by atoms with E-state index in [9.17, 15) is 13.7 Å². The second-order valence-electron chi connectivity index (χ2n) is 6.91. The topological polar surface area (TPSA) is 78.6 Å². The standard InChI is InChI=1S/C21H22N4O3S/c1-4-24-20-13-17(28-3)9-10-18(20)19(14-22)21(24)15-5-7-16(8-6-15)25-12-11-23(2)29(25,26)27/h5-10,13H,4,11-12H2,1-3H3. The Labute approximate surface area is 170 Å². The molecule has 0 atom stereocenters. The molecule has 0 spiro atoms. The number of nitrogens with zero attached hydrogens (tertiary/aromatic N) is 4. The van der Waals surface area contributed by atoms with Gasteiger partial charge < -0.3 is 9.30 Å². The van der Waals surface area contributed by atoms with Crippen LogP contribution in [0.1, 0.15) is 12.5 Å². The summed E-state index contributed by atoms with van der Waals surface area (Å²) >= 11 is 0. The van der Waals surface area contributed by atoms with Gasteiger partial charge in [0.15, 0.2) is 0 Å². The van der Waals surface area contributed by atoms with Crippen LogP contribution in [-0.4, -0.2) is 44.5 Å². The van der Waals surface area contributed by atoms with Crippen molar-refractivity contribution in [2.75, 3.05) is 31.6 Å². The molecule has 150 valence electrons. The molecule has 8 heteroatoms. The minimum absolute atomic E-state index is 0.427. The van der Waals surface area contributed by atoms with Crippen LogP contribution in [0.25, 0.3) is 22.2 Å². The Hall–Kier alpha value is -3.02. The molecule has 2 aromatic carbocycles. The molecule has 1 aliphatic rings. The van der Waals surface area contributed by atoms with Gasteiger partial charge in [0, 0.05) is 38.1 Å². The van der Waals surface area contributed by atoms with Crippen LogP contribution < -0.4 is 9.04 Å². The molecule has 0 unspecified atom stereocenters. The van der Waals surface area contributed by atoms with Crippen molar-refractivity contribution in [3.63, 3.8) is 0 Å². The van der Waals surface area contributed by atoms with Crippen molar-refractivity contribution in [2.45, 2.75) is 13.5 Å². The van der Waals surface area contributed by atoms with Crippen molar-refractivity contribution in [1.82, 2.24) is 8.87 Å². The van der Waals surface area contributed by atoms with E-state index in [1.165, 1.54) is 8.61 Å². The van der Waals surface area contributed by atoms with Gasteiger partial charge in [-0.15, -0.1) is 0 Å². The molecule has 0 saturated carbocycles. The zero-order valence-electron chi connectivity index (χ0n) is 16.6. The van der Waals surface area contributed by atoms with Gasteiger partial charge in [0.25, 0.3) is 0 Å². The first-order valence-electron chi connectivity index (χ1n) is 9.37. The number of anilines is 1. The van der Waals surface area contributed by atoms with Gasteiger partial charge in [0.2, 0.25) is 0 Å². The largest absolute Gasteiger partial charge is 0.497 e. The predicted molar refractivity (Wildman–Crippen MR) is 113 cm³/mol. The Bertz CT molecular complexity index is 1220. The van der Waals surface area contributed by atoms with E-state index in [2.05, 4.69) is 10.6 Å². The van der Waals surface area contributed by atoms with Gasteiger partial charge in [0.1, 0.15) is 11.8 Å².